The molecular formula is C32H59N3O7. The van der Waals surface area contributed by atoms with Gasteiger partial charge in [0.25, 0.3) is 0 Å². The Kier molecular flexibility index (Phi) is 11.7. The number of cyclic esters (lactones) is 1. The maximum Gasteiger partial charge on any atom is 0.319 e. The number of nitrogens with zero attached hydrogens (tertiary/aromatic N) is 3. The fourth-order valence-corrected chi connectivity index (χ4v) is 7.43. The van der Waals surface area contributed by atoms with Crippen molar-refractivity contribution >= 4 is 11.8 Å². The number of aliphatic hydroxyl groups excluding tert-OH is 1. The highest BCUT2D eigenvalue weighted by Gasteiger charge is 2.52. The molecular weight excluding hydrogens is 538 g/mol. The summed E-state index contributed by atoms with van der Waals surface area (Å²) >= 11 is 0. The number of rotatable bonds is 6. The van der Waals surface area contributed by atoms with E-state index in [1.807, 2.05) is 32.8 Å². The molecule has 42 heavy (non-hydrogen) atoms. The normalized spacial score (nSPS) is 42.8. The Morgan fingerprint density at radius 1 is 1.00 bits per heavy atom. The van der Waals surface area contributed by atoms with Gasteiger partial charge in [-0.15, -0.1) is 0 Å². The predicted molar refractivity (Wildman–Crippen MR) is 162 cm³/mol. The second-order valence-corrected chi connectivity index (χ2v) is 14.7. The Hall–Kier alpha value is -1.14. The van der Waals surface area contributed by atoms with Gasteiger partial charge < -0.3 is 33.9 Å². The van der Waals surface area contributed by atoms with Crippen LogP contribution in [0.4, 0.5) is 0 Å². The zero-order chi connectivity index (χ0) is 31.7. The van der Waals surface area contributed by atoms with Crippen LogP contribution in [0.25, 0.3) is 0 Å². The molecule has 0 radical (unpaired) electrons. The van der Waals surface area contributed by atoms with Crippen LogP contribution in [0.5, 0.6) is 0 Å². The van der Waals surface area contributed by atoms with Gasteiger partial charge in [-0.3, -0.25) is 14.5 Å². The number of ether oxygens (including phenoxy) is 4. The molecule has 0 aromatic carbocycles. The first kappa shape index (κ1) is 35.3. The van der Waals surface area contributed by atoms with Crippen molar-refractivity contribution in [2.24, 2.45) is 23.2 Å². The summed E-state index contributed by atoms with van der Waals surface area (Å²) < 4.78 is 24.9. The van der Waals surface area contributed by atoms with Crippen molar-refractivity contribution in [3.8, 4) is 0 Å². The zero-order valence-corrected chi connectivity index (χ0v) is 28.3. The van der Waals surface area contributed by atoms with Crippen molar-refractivity contribution < 1.29 is 33.6 Å². The summed E-state index contributed by atoms with van der Waals surface area (Å²) in [5.41, 5.74) is -2.29. The first-order chi connectivity index (χ1) is 19.4. The molecule has 2 aliphatic heterocycles. The van der Waals surface area contributed by atoms with Gasteiger partial charge in [0.2, 0.25) is 0 Å². The van der Waals surface area contributed by atoms with Crippen molar-refractivity contribution in [1.29, 1.82) is 0 Å². The van der Waals surface area contributed by atoms with E-state index in [1.165, 1.54) is 0 Å². The van der Waals surface area contributed by atoms with Crippen LogP contribution in [0.15, 0.2) is 0 Å². The van der Waals surface area contributed by atoms with Gasteiger partial charge in [0.1, 0.15) is 18.1 Å². The van der Waals surface area contributed by atoms with Crippen LogP contribution in [0.3, 0.4) is 0 Å². The van der Waals surface area contributed by atoms with Crippen LogP contribution < -0.4 is 0 Å². The molecule has 10 nitrogen and oxygen atoms in total. The average Bonchev–Trinajstić information content (AvgIpc) is 2.87. The smallest absolute Gasteiger partial charge is 0.319 e. The van der Waals surface area contributed by atoms with Gasteiger partial charge in [-0.05, 0) is 100 Å². The maximum atomic E-state index is 14.1. The molecule has 3 aliphatic rings. The monoisotopic (exact) mass is 597 g/mol. The second-order valence-electron chi connectivity index (χ2n) is 14.7. The Morgan fingerprint density at radius 3 is 2.17 bits per heavy atom. The van der Waals surface area contributed by atoms with E-state index < -0.39 is 41.4 Å². The number of Topliss-reactive ketones (excluding diaryl/α,β-unsaturated/α-hetero) is 1. The number of carbonyl (C=O) groups is 2. The number of likely N-dealkylation sites (N-methyl/N-ethyl adjacent to an activating group) is 2. The molecule has 0 amide bonds. The minimum atomic E-state index is -1.39. The summed E-state index contributed by atoms with van der Waals surface area (Å²) in [4.78, 5) is 34.2. The summed E-state index contributed by atoms with van der Waals surface area (Å²) in [6, 6.07) is 0.428. The molecule has 2 heterocycles. The number of aliphatic hydroxyl groups is 1. The molecule has 0 spiro atoms. The number of carbonyl (C=O) groups excluding carboxylic acids is 2. The van der Waals surface area contributed by atoms with E-state index >= 15 is 0 Å². The van der Waals surface area contributed by atoms with Crippen molar-refractivity contribution in [3.63, 3.8) is 0 Å². The van der Waals surface area contributed by atoms with Crippen molar-refractivity contribution in [3.05, 3.63) is 0 Å². The van der Waals surface area contributed by atoms with Crippen molar-refractivity contribution in [2.45, 2.75) is 116 Å². The van der Waals surface area contributed by atoms with Crippen LogP contribution in [-0.2, 0) is 28.5 Å². The SMILES string of the molecule is CO[C@]1(C)C[C@@H](C)CN(C)[C@H](C2CC(N(C)C)C2)COC(=O)C(C)(C)C(=O)[C@H](C)[C@H]1O[C@@H]1O[C@H](C)C[C@H](N(C)C)[C@H]1O. The molecule has 0 unspecified atom stereocenters. The summed E-state index contributed by atoms with van der Waals surface area (Å²) in [6.45, 7) is 12.2. The fourth-order valence-electron chi connectivity index (χ4n) is 7.43. The molecule has 1 saturated carbocycles. The first-order valence-corrected chi connectivity index (χ1v) is 15.7. The maximum absolute atomic E-state index is 14.1. The van der Waals surface area contributed by atoms with E-state index in [0.717, 1.165) is 19.4 Å². The summed E-state index contributed by atoms with van der Waals surface area (Å²) in [6.07, 6.45) is 0.575. The van der Waals surface area contributed by atoms with E-state index in [2.05, 4.69) is 37.9 Å². The third-order valence-electron chi connectivity index (χ3n) is 10.3. The van der Waals surface area contributed by atoms with Gasteiger partial charge in [-0.2, -0.15) is 0 Å². The number of esters is 1. The zero-order valence-electron chi connectivity index (χ0n) is 28.3. The Morgan fingerprint density at radius 2 is 1.62 bits per heavy atom. The second kappa shape index (κ2) is 13.9. The van der Waals surface area contributed by atoms with Gasteiger partial charge in [0.05, 0.1) is 17.8 Å². The van der Waals surface area contributed by atoms with Crippen LogP contribution in [0, 0.1) is 23.2 Å². The number of methoxy groups -OCH3 is 1. The lowest BCUT2D eigenvalue weighted by molar-refractivity contribution is -0.295. The van der Waals surface area contributed by atoms with E-state index in [0.29, 0.717) is 24.8 Å². The Labute approximate surface area is 254 Å². The summed E-state index contributed by atoms with van der Waals surface area (Å²) in [5.74, 6) is -0.960. The van der Waals surface area contributed by atoms with Crippen LogP contribution in [-0.4, -0.2) is 135 Å². The number of hydrogen-bond acceptors (Lipinski definition) is 10. The highest BCUT2D eigenvalue weighted by Crippen LogP contribution is 2.40. The van der Waals surface area contributed by atoms with Gasteiger partial charge in [-0.1, -0.05) is 13.8 Å². The summed E-state index contributed by atoms with van der Waals surface area (Å²) in [7, 11) is 11.8. The van der Waals surface area contributed by atoms with Gasteiger partial charge in [0, 0.05) is 37.7 Å². The molecule has 1 aliphatic carbocycles. The lowest BCUT2D eigenvalue weighted by atomic mass is 9.74. The molecule has 0 aromatic heterocycles. The molecule has 9 atom stereocenters. The van der Waals surface area contributed by atoms with Crippen LogP contribution >= 0.6 is 0 Å². The largest absolute Gasteiger partial charge is 0.463 e. The van der Waals surface area contributed by atoms with E-state index in [4.69, 9.17) is 18.9 Å². The topological polar surface area (TPSA) is 101 Å². The average molecular weight is 598 g/mol. The van der Waals surface area contributed by atoms with Crippen LogP contribution in [0.1, 0.15) is 67.2 Å². The quantitative estimate of drug-likeness (QED) is 0.363. The number of ketones is 1. The minimum Gasteiger partial charge on any atom is -0.463 e. The molecule has 0 aromatic rings. The van der Waals surface area contributed by atoms with Crippen molar-refractivity contribution in [2.75, 3.05) is 55.5 Å². The third kappa shape index (κ3) is 7.56. The van der Waals surface area contributed by atoms with Gasteiger partial charge in [-0.25, -0.2) is 0 Å². The molecule has 244 valence electrons. The van der Waals surface area contributed by atoms with Gasteiger partial charge in [0.15, 0.2) is 12.1 Å². The van der Waals surface area contributed by atoms with Crippen molar-refractivity contribution in [1.82, 2.24) is 14.7 Å². The van der Waals surface area contributed by atoms with E-state index in [1.54, 1.807) is 27.9 Å². The lowest BCUT2D eigenvalue weighted by Crippen LogP contribution is -2.59. The highest BCUT2D eigenvalue weighted by atomic mass is 16.7. The predicted octanol–water partition coefficient (Wildman–Crippen LogP) is 2.66. The lowest BCUT2D eigenvalue weighted by Gasteiger charge is -2.47. The highest BCUT2D eigenvalue weighted by molar-refractivity contribution is 6.04. The number of hydrogen-bond donors (Lipinski definition) is 1. The Balaban J connectivity index is 1.96. The van der Waals surface area contributed by atoms with E-state index in [9.17, 15) is 14.7 Å². The molecule has 3 fully saturated rings. The fraction of sp³-hybridized carbons (Fsp3) is 0.938. The first-order valence-electron chi connectivity index (χ1n) is 15.7. The molecule has 3 rings (SSSR count). The van der Waals surface area contributed by atoms with E-state index in [-0.39, 0.29) is 36.5 Å². The Bertz CT molecular complexity index is 924. The molecule has 10 heteroatoms. The minimum absolute atomic E-state index is 0.0627. The summed E-state index contributed by atoms with van der Waals surface area (Å²) in [5, 5.41) is 11.3. The van der Waals surface area contributed by atoms with Gasteiger partial charge >= 0.3 is 5.97 Å². The molecule has 1 N–H and O–H groups in total. The molecule has 2 saturated heterocycles. The van der Waals surface area contributed by atoms with Crippen LogP contribution in [0.2, 0.25) is 0 Å². The molecule has 0 bridgehead atoms. The standard InChI is InChI=1S/C32H59N3O7/c1-19-16-32(6,39-12)28(42-29-26(36)24(34(9)10)13-20(2)41-29)21(3)27(37)31(4,5)30(38)40-18-25(35(11)17-19)22-14-23(15-22)33(7)8/h19-26,28-29,36H,13-18H2,1-12H3/t19-,20-,21+,22?,23?,24+,25+,26-,28-,29+,32-/m1/s1. The third-order valence-corrected chi connectivity index (χ3v) is 10.3.